The van der Waals surface area contributed by atoms with E-state index in [9.17, 15) is 13.2 Å². The summed E-state index contributed by atoms with van der Waals surface area (Å²) in [6, 6.07) is 11.2. The first-order chi connectivity index (χ1) is 10.9. The number of alkyl halides is 3. The summed E-state index contributed by atoms with van der Waals surface area (Å²) in [7, 11) is 0. The van der Waals surface area contributed by atoms with Gasteiger partial charge in [0.05, 0.1) is 10.4 Å². The van der Waals surface area contributed by atoms with Crippen LogP contribution in [0.4, 0.5) is 18.3 Å². The van der Waals surface area contributed by atoms with Crippen LogP contribution in [0.15, 0.2) is 42.5 Å². The van der Waals surface area contributed by atoms with Gasteiger partial charge < -0.3 is 24.0 Å². The van der Waals surface area contributed by atoms with Crippen molar-refractivity contribution in [2.24, 2.45) is 0 Å². The van der Waals surface area contributed by atoms with Crippen molar-refractivity contribution in [1.29, 1.82) is 0 Å². The lowest BCUT2D eigenvalue weighted by Gasteiger charge is -2.09. The van der Waals surface area contributed by atoms with E-state index in [0.717, 1.165) is 40.9 Å². The highest BCUT2D eigenvalue weighted by Crippen LogP contribution is 2.40. The van der Waals surface area contributed by atoms with Crippen LogP contribution in [0, 0.1) is 0 Å². The maximum Gasteiger partial charge on any atom is 0.416 e. The number of nitrogen functional groups attached to an aromatic ring is 1. The number of benzene rings is 2. The molecule has 2 aromatic carbocycles. The van der Waals surface area contributed by atoms with Crippen LogP contribution in [-0.4, -0.2) is 0 Å². The third-order valence-corrected chi connectivity index (χ3v) is 4.95. The molecule has 124 valence electrons. The molecule has 0 unspecified atom stereocenters. The molecule has 3 N–H and O–H groups in total. The Bertz CT molecular complexity index is 901. The summed E-state index contributed by atoms with van der Waals surface area (Å²) in [5.41, 5.74) is 10.2. The van der Waals surface area contributed by atoms with Crippen molar-refractivity contribution < 1.29 is 42.1 Å². The van der Waals surface area contributed by atoms with Crippen molar-refractivity contribution in [3.05, 3.63) is 58.5 Å². The zero-order chi connectivity index (χ0) is 16.2. The molecule has 0 bridgehead atoms. The number of hydrogen-bond acceptors (Lipinski definition) is 2. The molecule has 0 amide bonds. The minimum atomic E-state index is -4.31. The molecule has 7 heteroatoms. The van der Waals surface area contributed by atoms with E-state index >= 15 is 0 Å². The summed E-state index contributed by atoms with van der Waals surface area (Å²) in [5, 5.41) is 0.687. The molecular formula is C17H12F3IN2S. The summed E-state index contributed by atoms with van der Waals surface area (Å²) in [6.07, 6.45) is -3.50. The molecule has 1 aliphatic carbocycles. The standard InChI is InChI=1S/C17H11F3N2S.HI/c18-17(19,20)12-4-1-9(2-5-12)10-3-6-13-11(7-10)8-14-15(13)22-16(21)23-14;/h1-7H,8H2,(H2,21,22);1H. The zero-order valence-electron chi connectivity index (χ0n) is 12.2. The lowest BCUT2D eigenvalue weighted by molar-refractivity contribution is -0.340. The molecule has 24 heavy (non-hydrogen) atoms. The van der Waals surface area contributed by atoms with Crippen LogP contribution in [-0.2, 0) is 12.6 Å². The highest BCUT2D eigenvalue weighted by molar-refractivity contribution is 7.15. The molecular weight excluding hydrogens is 448 g/mol. The first-order valence-corrected chi connectivity index (χ1v) is 7.85. The summed E-state index contributed by atoms with van der Waals surface area (Å²) in [4.78, 5) is 4.36. The monoisotopic (exact) mass is 460 g/mol. The molecule has 1 heterocycles. The van der Waals surface area contributed by atoms with Gasteiger partial charge in [-0.2, -0.15) is 13.2 Å². The number of nitrogens with one attached hydrogen (secondary N) is 1. The highest BCUT2D eigenvalue weighted by atomic mass is 127. The number of fused-ring (bicyclic) bond motifs is 3. The molecule has 3 aromatic rings. The van der Waals surface area contributed by atoms with Crippen LogP contribution >= 0.6 is 11.3 Å². The fourth-order valence-electron chi connectivity index (χ4n) is 2.93. The third-order valence-electron chi connectivity index (χ3n) is 4.03. The topological polar surface area (TPSA) is 40.2 Å². The van der Waals surface area contributed by atoms with E-state index in [4.69, 9.17) is 5.73 Å². The average Bonchev–Trinajstić information content (AvgIpc) is 3.01. The van der Waals surface area contributed by atoms with E-state index in [1.165, 1.54) is 33.9 Å². The summed E-state index contributed by atoms with van der Waals surface area (Å²) >= 11 is 1.54. The zero-order valence-corrected chi connectivity index (χ0v) is 15.2. The van der Waals surface area contributed by atoms with Gasteiger partial charge in [-0.3, -0.25) is 5.73 Å². The quantitative estimate of drug-likeness (QED) is 0.429. The Labute approximate surface area is 157 Å². The van der Waals surface area contributed by atoms with Gasteiger partial charge in [-0.1, -0.05) is 35.6 Å². The smallest absolute Gasteiger partial charge is 0.416 e. The third kappa shape index (κ3) is 2.90. The second-order valence-electron chi connectivity index (χ2n) is 5.51. The Morgan fingerprint density at radius 1 is 1.00 bits per heavy atom. The number of halogens is 4. The molecule has 0 saturated carbocycles. The van der Waals surface area contributed by atoms with E-state index in [2.05, 4.69) is 4.98 Å². The van der Waals surface area contributed by atoms with Gasteiger partial charge in [-0.15, -0.1) is 0 Å². The van der Waals surface area contributed by atoms with Crippen molar-refractivity contribution in [1.82, 2.24) is 0 Å². The number of nitrogens with two attached hydrogens (primary N) is 1. The van der Waals surface area contributed by atoms with Crippen molar-refractivity contribution in [3.8, 4) is 22.4 Å². The first kappa shape index (κ1) is 17.2. The molecule has 1 aromatic heterocycles. The maximum absolute atomic E-state index is 12.6. The summed E-state index contributed by atoms with van der Waals surface area (Å²) in [6.45, 7) is 0. The lowest BCUT2D eigenvalue weighted by atomic mass is 9.99. The van der Waals surface area contributed by atoms with Gasteiger partial charge in [0.25, 0.3) is 0 Å². The number of thiazole rings is 1. The highest BCUT2D eigenvalue weighted by Gasteiger charge is 2.30. The Balaban J connectivity index is 0.00000169. The molecule has 0 saturated heterocycles. The number of hydrogen-bond donors (Lipinski definition) is 1. The second-order valence-corrected chi connectivity index (χ2v) is 6.65. The Morgan fingerprint density at radius 3 is 2.33 bits per heavy atom. The van der Waals surface area contributed by atoms with Crippen LogP contribution < -0.4 is 34.7 Å². The van der Waals surface area contributed by atoms with Gasteiger partial charge in [0.2, 0.25) is 0 Å². The molecule has 0 radical (unpaired) electrons. The van der Waals surface area contributed by atoms with Crippen molar-refractivity contribution in [3.63, 3.8) is 0 Å². The molecule has 0 spiro atoms. The Morgan fingerprint density at radius 2 is 1.67 bits per heavy atom. The number of aromatic nitrogens is 1. The van der Waals surface area contributed by atoms with E-state index in [1.54, 1.807) is 0 Å². The molecule has 0 atom stereocenters. The van der Waals surface area contributed by atoms with Crippen LogP contribution in [0.1, 0.15) is 16.0 Å². The van der Waals surface area contributed by atoms with E-state index < -0.39 is 11.7 Å². The predicted octanol–water partition coefficient (Wildman–Crippen LogP) is 1.41. The minimum Gasteiger partial charge on any atom is -1.00 e. The largest absolute Gasteiger partial charge is 1.00 e. The number of anilines is 1. The Kier molecular flexibility index (Phi) is 4.33. The van der Waals surface area contributed by atoms with Gasteiger partial charge in [0, 0.05) is 12.0 Å². The maximum atomic E-state index is 12.6. The lowest BCUT2D eigenvalue weighted by Crippen LogP contribution is -3.00. The van der Waals surface area contributed by atoms with E-state index in [1.807, 2.05) is 18.2 Å². The fraction of sp³-hybridized carbons (Fsp3) is 0.118. The number of aromatic amines is 1. The molecule has 0 fully saturated rings. The van der Waals surface area contributed by atoms with Crippen LogP contribution in [0.3, 0.4) is 0 Å². The molecule has 2 nitrogen and oxygen atoms in total. The summed E-state index contributed by atoms with van der Waals surface area (Å²) < 4.78 is 37.9. The van der Waals surface area contributed by atoms with Crippen LogP contribution in [0.2, 0.25) is 0 Å². The first-order valence-electron chi connectivity index (χ1n) is 7.03. The van der Waals surface area contributed by atoms with E-state index in [-0.39, 0.29) is 24.0 Å². The van der Waals surface area contributed by atoms with E-state index in [0.29, 0.717) is 5.13 Å². The molecule has 0 aliphatic heterocycles. The van der Waals surface area contributed by atoms with Gasteiger partial charge >= 0.3 is 11.3 Å². The predicted molar refractivity (Wildman–Crippen MR) is 84.0 cm³/mol. The SMILES string of the molecule is Nc1[nH+]c2c(s1)Cc1cc(-c3ccc(C(F)(F)F)cc3)ccc1-2.[I-]. The fourth-order valence-corrected chi connectivity index (χ4v) is 3.84. The molecule has 1 aliphatic rings. The Hall–Kier alpha value is -1.61. The second kappa shape index (κ2) is 6.03. The number of rotatable bonds is 1. The van der Waals surface area contributed by atoms with Crippen molar-refractivity contribution in [2.75, 3.05) is 5.73 Å². The van der Waals surface area contributed by atoms with Gasteiger partial charge in [0.15, 0.2) is 0 Å². The van der Waals surface area contributed by atoms with Gasteiger partial charge in [-0.05, 0) is 34.9 Å². The van der Waals surface area contributed by atoms with Gasteiger partial charge in [-0.25, -0.2) is 4.98 Å². The normalized spacial score (nSPS) is 12.5. The number of H-pyrrole nitrogens is 1. The van der Waals surface area contributed by atoms with Crippen LogP contribution in [0.25, 0.3) is 22.4 Å². The van der Waals surface area contributed by atoms with Crippen molar-refractivity contribution in [2.45, 2.75) is 12.6 Å². The molecule has 4 rings (SSSR count). The minimum absolute atomic E-state index is 0. The summed E-state index contributed by atoms with van der Waals surface area (Å²) in [5.74, 6) is 0. The van der Waals surface area contributed by atoms with Crippen LogP contribution in [0.5, 0.6) is 0 Å². The van der Waals surface area contributed by atoms with Crippen molar-refractivity contribution >= 4 is 16.5 Å². The van der Waals surface area contributed by atoms with Gasteiger partial charge in [0.1, 0.15) is 5.69 Å². The average molecular weight is 460 g/mol.